The normalized spacial score (nSPS) is 11.8. The largest absolute Gasteiger partial charge is 0.416 e. The summed E-state index contributed by atoms with van der Waals surface area (Å²) in [5.41, 5.74) is 4.76. The topological polar surface area (TPSA) is 43.8 Å². The fraction of sp³-hybridized carbons (Fsp3) is 0.250. The van der Waals surface area contributed by atoms with Crippen molar-refractivity contribution in [2.45, 2.75) is 22.5 Å². The van der Waals surface area contributed by atoms with Gasteiger partial charge in [-0.2, -0.15) is 18.3 Å². The molecule has 1 aromatic heterocycles. The van der Waals surface area contributed by atoms with Gasteiger partial charge in [0.2, 0.25) is 0 Å². The third-order valence-corrected chi connectivity index (χ3v) is 3.46. The molecule has 0 unspecified atom stereocenters. The first-order valence-corrected chi connectivity index (χ1v) is 6.28. The van der Waals surface area contributed by atoms with Crippen LogP contribution in [0, 0.1) is 0 Å². The van der Waals surface area contributed by atoms with Crippen molar-refractivity contribution in [1.29, 1.82) is 0 Å². The molecule has 0 spiro atoms. The van der Waals surface area contributed by atoms with Crippen molar-refractivity contribution in [3.63, 3.8) is 0 Å². The Labute approximate surface area is 112 Å². The van der Waals surface area contributed by atoms with Crippen LogP contribution >= 0.6 is 11.8 Å². The van der Waals surface area contributed by atoms with Crippen LogP contribution in [-0.4, -0.2) is 9.78 Å². The van der Waals surface area contributed by atoms with Crippen LogP contribution in [0.25, 0.3) is 0 Å². The molecule has 0 aliphatic rings. The van der Waals surface area contributed by atoms with Gasteiger partial charge in [0.25, 0.3) is 0 Å². The van der Waals surface area contributed by atoms with Gasteiger partial charge in [-0.15, -0.1) is 0 Å². The lowest BCUT2D eigenvalue weighted by molar-refractivity contribution is -0.138. The Morgan fingerprint density at radius 1 is 1.32 bits per heavy atom. The summed E-state index contributed by atoms with van der Waals surface area (Å²) in [4.78, 5) is 1.30. The molecule has 0 saturated carbocycles. The molecule has 0 aliphatic carbocycles. The van der Waals surface area contributed by atoms with Gasteiger partial charge in [-0.1, -0.05) is 17.8 Å². The van der Waals surface area contributed by atoms with Gasteiger partial charge in [-0.25, -0.2) is 0 Å². The first kappa shape index (κ1) is 14.0. The fourth-order valence-electron chi connectivity index (χ4n) is 1.65. The van der Waals surface area contributed by atoms with Gasteiger partial charge < -0.3 is 5.73 Å². The van der Waals surface area contributed by atoms with E-state index in [4.69, 9.17) is 5.73 Å². The molecule has 0 aliphatic heterocycles. The lowest BCUT2D eigenvalue weighted by Crippen LogP contribution is -2.11. The van der Waals surface area contributed by atoms with Crippen LogP contribution in [0.15, 0.2) is 40.4 Å². The van der Waals surface area contributed by atoms with E-state index in [1.54, 1.807) is 30.2 Å². The van der Waals surface area contributed by atoms with E-state index in [9.17, 15) is 13.2 Å². The Morgan fingerprint density at radius 2 is 2.05 bits per heavy atom. The molecule has 0 bridgehead atoms. The fourth-order valence-corrected chi connectivity index (χ4v) is 2.54. The highest BCUT2D eigenvalue weighted by Crippen LogP contribution is 2.36. The number of hydrogen-bond acceptors (Lipinski definition) is 3. The maximum Gasteiger partial charge on any atom is 0.416 e. The molecule has 2 rings (SSSR count). The summed E-state index contributed by atoms with van der Waals surface area (Å²) in [6, 6.07) is 4.18. The van der Waals surface area contributed by atoms with Gasteiger partial charge in [0.05, 0.1) is 16.7 Å². The number of nitrogens with two attached hydrogens (primary N) is 1. The Bertz CT molecular complexity index is 578. The SMILES string of the molecule is Cn1cc(Sc2ccc(CN)c(C(F)(F)F)c2)cn1. The Balaban J connectivity index is 2.32. The average Bonchev–Trinajstić information content (AvgIpc) is 2.73. The number of hydrogen-bond donors (Lipinski definition) is 1. The van der Waals surface area contributed by atoms with Crippen molar-refractivity contribution in [3.8, 4) is 0 Å². The van der Waals surface area contributed by atoms with E-state index in [-0.39, 0.29) is 12.1 Å². The second kappa shape index (κ2) is 5.26. The van der Waals surface area contributed by atoms with E-state index in [0.29, 0.717) is 4.90 Å². The molecule has 2 aromatic rings. The molecular weight excluding hydrogens is 275 g/mol. The van der Waals surface area contributed by atoms with E-state index in [2.05, 4.69) is 5.10 Å². The second-order valence-electron chi connectivity index (χ2n) is 3.97. The summed E-state index contributed by atoms with van der Waals surface area (Å²) in [6.45, 7) is -0.132. The average molecular weight is 287 g/mol. The van der Waals surface area contributed by atoms with E-state index >= 15 is 0 Å². The van der Waals surface area contributed by atoms with Crippen LogP contribution in [0.4, 0.5) is 13.2 Å². The maximum atomic E-state index is 12.9. The first-order valence-electron chi connectivity index (χ1n) is 5.47. The monoisotopic (exact) mass is 287 g/mol. The number of halogens is 3. The molecule has 3 nitrogen and oxygen atoms in total. The van der Waals surface area contributed by atoms with Crippen LogP contribution in [0.5, 0.6) is 0 Å². The zero-order valence-electron chi connectivity index (χ0n) is 10.1. The zero-order chi connectivity index (χ0) is 14.0. The molecule has 1 heterocycles. The molecule has 0 amide bonds. The number of benzene rings is 1. The third-order valence-electron chi connectivity index (χ3n) is 2.52. The molecule has 7 heteroatoms. The Hall–Kier alpha value is -1.47. The van der Waals surface area contributed by atoms with Gasteiger partial charge >= 0.3 is 6.18 Å². The molecular formula is C12H12F3N3S. The maximum absolute atomic E-state index is 12.9. The minimum absolute atomic E-state index is 0.100. The van der Waals surface area contributed by atoms with Gasteiger partial charge in [-0.05, 0) is 17.7 Å². The first-order chi connectivity index (χ1) is 8.90. The van der Waals surface area contributed by atoms with Crippen molar-refractivity contribution in [2.75, 3.05) is 0 Å². The highest BCUT2D eigenvalue weighted by Gasteiger charge is 2.33. The van der Waals surface area contributed by atoms with Crippen LogP contribution in [-0.2, 0) is 19.8 Å². The zero-order valence-corrected chi connectivity index (χ0v) is 10.9. The Kier molecular flexibility index (Phi) is 3.86. The van der Waals surface area contributed by atoms with E-state index < -0.39 is 11.7 Å². The molecule has 1 aromatic carbocycles. The predicted molar refractivity (Wildman–Crippen MR) is 66.7 cm³/mol. The van der Waals surface area contributed by atoms with Gasteiger partial charge in [0.15, 0.2) is 0 Å². The summed E-state index contributed by atoms with van der Waals surface area (Å²) >= 11 is 1.23. The number of aromatic nitrogens is 2. The number of rotatable bonds is 3. The highest BCUT2D eigenvalue weighted by molar-refractivity contribution is 7.99. The van der Waals surface area contributed by atoms with Gasteiger partial charge in [0, 0.05) is 24.7 Å². The summed E-state index contributed by atoms with van der Waals surface area (Å²) in [7, 11) is 1.75. The minimum atomic E-state index is -4.39. The second-order valence-corrected chi connectivity index (χ2v) is 5.12. The van der Waals surface area contributed by atoms with Crippen molar-refractivity contribution in [3.05, 3.63) is 41.7 Å². The molecule has 0 atom stereocenters. The molecule has 0 fully saturated rings. The molecule has 2 N–H and O–H groups in total. The lowest BCUT2D eigenvalue weighted by Gasteiger charge is -2.12. The van der Waals surface area contributed by atoms with E-state index in [1.165, 1.54) is 17.8 Å². The van der Waals surface area contributed by atoms with Crippen LogP contribution < -0.4 is 5.73 Å². The van der Waals surface area contributed by atoms with E-state index in [0.717, 1.165) is 11.0 Å². The van der Waals surface area contributed by atoms with Crippen LogP contribution in [0.3, 0.4) is 0 Å². The highest BCUT2D eigenvalue weighted by atomic mass is 32.2. The van der Waals surface area contributed by atoms with Crippen molar-refractivity contribution >= 4 is 11.8 Å². The summed E-state index contributed by atoms with van der Waals surface area (Å²) in [5, 5.41) is 3.97. The van der Waals surface area contributed by atoms with Gasteiger partial charge in [0.1, 0.15) is 0 Å². The summed E-state index contributed by atoms with van der Waals surface area (Å²) < 4.78 is 40.2. The Morgan fingerprint density at radius 3 is 2.58 bits per heavy atom. The van der Waals surface area contributed by atoms with Crippen molar-refractivity contribution in [1.82, 2.24) is 9.78 Å². The molecule has 102 valence electrons. The van der Waals surface area contributed by atoms with Crippen LogP contribution in [0.2, 0.25) is 0 Å². The third kappa shape index (κ3) is 3.30. The lowest BCUT2D eigenvalue weighted by atomic mass is 10.1. The number of aryl methyl sites for hydroxylation is 1. The molecule has 0 radical (unpaired) electrons. The van der Waals surface area contributed by atoms with Crippen molar-refractivity contribution in [2.24, 2.45) is 12.8 Å². The van der Waals surface area contributed by atoms with E-state index in [1.807, 2.05) is 0 Å². The minimum Gasteiger partial charge on any atom is -0.326 e. The van der Waals surface area contributed by atoms with Gasteiger partial charge in [-0.3, -0.25) is 4.68 Å². The number of nitrogens with zero attached hydrogens (tertiary/aromatic N) is 2. The molecule has 19 heavy (non-hydrogen) atoms. The molecule has 0 saturated heterocycles. The summed E-state index contributed by atoms with van der Waals surface area (Å²) in [6.07, 6.45) is -1.04. The quantitative estimate of drug-likeness (QED) is 0.943. The number of alkyl halides is 3. The summed E-state index contributed by atoms with van der Waals surface area (Å²) in [5.74, 6) is 0. The van der Waals surface area contributed by atoms with Crippen molar-refractivity contribution < 1.29 is 13.2 Å². The predicted octanol–water partition coefficient (Wildman–Crippen LogP) is 3.05. The van der Waals surface area contributed by atoms with Crippen LogP contribution in [0.1, 0.15) is 11.1 Å². The standard InChI is InChI=1S/C12H12F3N3S/c1-18-7-10(6-17-18)19-9-3-2-8(5-16)11(4-9)12(13,14)15/h2-4,6-7H,5,16H2,1H3. The smallest absolute Gasteiger partial charge is 0.326 e.